The lowest BCUT2D eigenvalue weighted by atomic mass is 9.87. The molecular formula is C23H27NO3. The molecule has 0 radical (unpaired) electrons. The Kier molecular flexibility index (Phi) is 5.28. The van der Waals surface area contributed by atoms with Gasteiger partial charge < -0.3 is 9.47 Å². The van der Waals surface area contributed by atoms with Gasteiger partial charge in [-0.05, 0) is 37.4 Å². The molecule has 4 atom stereocenters. The molecule has 4 nitrogen and oxygen atoms in total. The van der Waals surface area contributed by atoms with Gasteiger partial charge in [0.2, 0.25) is 0 Å². The van der Waals surface area contributed by atoms with E-state index in [-0.39, 0.29) is 30.1 Å². The fourth-order valence-corrected chi connectivity index (χ4v) is 4.79. The number of nitrogens with zero attached hydrogens (tertiary/aromatic N) is 1. The molecule has 0 N–H and O–H groups in total. The number of hydrogen-bond donors (Lipinski definition) is 0. The lowest BCUT2D eigenvalue weighted by Gasteiger charge is -2.42. The second-order valence-electron chi connectivity index (χ2n) is 7.62. The van der Waals surface area contributed by atoms with Gasteiger partial charge in [0, 0.05) is 12.1 Å². The van der Waals surface area contributed by atoms with Crippen LogP contribution in [-0.4, -0.2) is 43.2 Å². The minimum absolute atomic E-state index is 0.142. The van der Waals surface area contributed by atoms with Gasteiger partial charge in [-0.15, -0.1) is 0 Å². The Morgan fingerprint density at radius 3 is 2.15 bits per heavy atom. The lowest BCUT2D eigenvalue weighted by molar-refractivity contribution is -0.162. The number of benzene rings is 2. The maximum absolute atomic E-state index is 12.6. The highest BCUT2D eigenvalue weighted by Crippen LogP contribution is 2.42. The van der Waals surface area contributed by atoms with Gasteiger partial charge in [0.05, 0.1) is 19.1 Å². The summed E-state index contributed by atoms with van der Waals surface area (Å²) in [5, 5.41) is 0. The van der Waals surface area contributed by atoms with Crippen molar-refractivity contribution in [3.8, 4) is 0 Å². The van der Waals surface area contributed by atoms with Gasteiger partial charge in [0.1, 0.15) is 6.10 Å². The number of ether oxygens (including phenoxy) is 2. The molecule has 4 heteroatoms. The van der Waals surface area contributed by atoms with E-state index in [4.69, 9.17) is 9.47 Å². The topological polar surface area (TPSA) is 38.8 Å². The molecule has 0 aromatic heterocycles. The van der Waals surface area contributed by atoms with Gasteiger partial charge in [-0.3, -0.25) is 9.69 Å². The number of hydrogen-bond acceptors (Lipinski definition) is 4. The van der Waals surface area contributed by atoms with Crippen LogP contribution in [0.2, 0.25) is 0 Å². The summed E-state index contributed by atoms with van der Waals surface area (Å²) < 4.78 is 11.9. The van der Waals surface area contributed by atoms with E-state index in [0.29, 0.717) is 6.04 Å². The molecule has 27 heavy (non-hydrogen) atoms. The average Bonchev–Trinajstić information content (AvgIpc) is 2.96. The summed E-state index contributed by atoms with van der Waals surface area (Å²) in [6.07, 6.45) is 2.69. The predicted molar refractivity (Wildman–Crippen MR) is 104 cm³/mol. The normalized spacial score (nSPS) is 27.7. The van der Waals surface area contributed by atoms with E-state index in [1.807, 2.05) is 36.4 Å². The van der Waals surface area contributed by atoms with Gasteiger partial charge in [0.15, 0.2) is 0 Å². The minimum atomic E-state index is -0.242. The third kappa shape index (κ3) is 3.52. The zero-order chi connectivity index (χ0) is 18.8. The SMILES string of the molecule is COC(=O)[C@@H]1C2CCC(C[C@@H]1OC(c1ccccc1)c1ccccc1)N2C. The van der Waals surface area contributed by atoms with E-state index >= 15 is 0 Å². The number of fused-ring (bicyclic) bond motifs is 2. The number of esters is 1. The van der Waals surface area contributed by atoms with Crippen molar-refractivity contribution in [2.45, 2.75) is 43.6 Å². The Morgan fingerprint density at radius 2 is 1.59 bits per heavy atom. The summed E-state index contributed by atoms with van der Waals surface area (Å²) in [6.45, 7) is 0. The Morgan fingerprint density at radius 1 is 1.00 bits per heavy atom. The van der Waals surface area contributed by atoms with Crippen LogP contribution >= 0.6 is 0 Å². The van der Waals surface area contributed by atoms with Crippen LogP contribution in [0.25, 0.3) is 0 Å². The maximum atomic E-state index is 12.6. The first-order chi connectivity index (χ1) is 13.2. The molecule has 2 saturated heterocycles. The Bertz CT molecular complexity index is 724. The van der Waals surface area contributed by atoms with Gasteiger partial charge in [-0.2, -0.15) is 0 Å². The lowest BCUT2D eigenvalue weighted by Crippen LogP contribution is -2.53. The largest absolute Gasteiger partial charge is 0.469 e. The molecule has 0 aliphatic carbocycles. The molecular weight excluding hydrogens is 338 g/mol. The van der Waals surface area contributed by atoms with Crippen molar-refractivity contribution in [1.82, 2.24) is 4.90 Å². The number of carbonyl (C=O) groups excluding carboxylic acids is 1. The highest BCUT2D eigenvalue weighted by Gasteiger charge is 2.50. The highest BCUT2D eigenvalue weighted by molar-refractivity contribution is 5.74. The summed E-state index contributed by atoms with van der Waals surface area (Å²) in [4.78, 5) is 15.0. The molecule has 0 saturated carbocycles. The molecule has 0 spiro atoms. The van der Waals surface area contributed by atoms with Crippen molar-refractivity contribution in [3.05, 3.63) is 71.8 Å². The molecule has 2 aromatic carbocycles. The third-order valence-corrected chi connectivity index (χ3v) is 6.20. The molecule has 2 unspecified atom stereocenters. The standard InChI is InChI=1S/C23H27NO3/c1-24-18-13-14-19(24)21(23(25)26-2)20(15-18)27-22(16-9-5-3-6-10-16)17-11-7-4-8-12-17/h3-12,18-22H,13-15H2,1-2H3/t18?,19?,20-,21+/m0/s1. The Labute approximate surface area is 161 Å². The molecule has 2 fully saturated rings. The van der Waals surface area contributed by atoms with E-state index in [1.54, 1.807) is 0 Å². The fourth-order valence-electron chi connectivity index (χ4n) is 4.79. The summed E-state index contributed by atoms with van der Waals surface area (Å²) in [7, 11) is 3.60. The highest BCUT2D eigenvalue weighted by atomic mass is 16.5. The molecule has 2 aliphatic rings. The zero-order valence-electron chi connectivity index (χ0n) is 16.0. The number of piperidine rings is 1. The Hall–Kier alpha value is -2.17. The molecule has 2 heterocycles. The monoisotopic (exact) mass is 365 g/mol. The van der Waals surface area contributed by atoms with Crippen molar-refractivity contribution in [2.75, 3.05) is 14.2 Å². The van der Waals surface area contributed by atoms with E-state index in [1.165, 1.54) is 7.11 Å². The molecule has 4 rings (SSSR count). The van der Waals surface area contributed by atoms with Crippen molar-refractivity contribution in [3.63, 3.8) is 0 Å². The quantitative estimate of drug-likeness (QED) is 0.755. The first-order valence-electron chi connectivity index (χ1n) is 9.74. The summed E-state index contributed by atoms with van der Waals surface area (Å²) in [5.41, 5.74) is 2.22. The molecule has 2 bridgehead atoms. The molecule has 2 aromatic rings. The molecule has 0 amide bonds. The van der Waals surface area contributed by atoms with Gasteiger partial charge in [-0.1, -0.05) is 60.7 Å². The molecule has 2 aliphatic heterocycles. The second kappa shape index (κ2) is 7.83. The van der Waals surface area contributed by atoms with Crippen LogP contribution in [-0.2, 0) is 14.3 Å². The van der Waals surface area contributed by atoms with Gasteiger partial charge in [0.25, 0.3) is 0 Å². The summed E-state index contributed by atoms with van der Waals surface area (Å²) in [6, 6.07) is 21.2. The van der Waals surface area contributed by atoms with E-state index in [0.717, 1.165) is 30.4 Å². The van der Waals surface area contributed by atoms with Crippen LogP contribution in [0.1, 0.15) is 36.5 Å². The van der Waals surface area contributed by atoms with E-state index < -0.39 is 0 Å². The number of rotatable bonds is 5. The summed E-state index contributed by atoms with van der Waals surface area (Å²) in [5.74, 6) is -0.397. The predicted octanol–water partition coefficient (Wildman–Crippen LogP) is 3.82. The van der Waals surface area contributed by atoms with Gasteiger partial charge in [-0.25, -0.2) is 0 Å². The van der Waals surface area contributed by atoms with E-state index in [2.05, 4.69) is 36.2 Å². The Balaban J connectivity index is 1.66. The van der Waals surface area contributed by atoms with Crippen molar-refractivity contribution >= 4 is 5.97 Å². The fraction of sp³-hybridized carbons (Fsp3) is 0.435. The van der Waals surface area contributed by atoms with Crippen LogP contribution < -0.4 is 0 Å². The summed E-state index contributed by atoms with van der Waals surface area (Å²) >= 11 is 0. The van der Waals surface area contributed by atoms with Crippen LogP contribution in [0.3, 0.4) is 0 Å². The minimum Gasteiger partial charge on any atom is -0.469 e. The molecule has 142 valence electrons. The van der Waals surface area contributed by atoms with Crippen LogP contribution in [0.4, 0.5) is 0 Å². The van der Waals surface area contributed by atoms with Crippen LogP contribution in [0, 0.1) is 5.92 Å². The first kappa shape index (κ1) is 18.2. The van der Waals surface area contributed by atoms with Crippen molar-refractivity contribution in [2.24, 2.45) is 5.92 Å². The third-order valence-electron chi connectivity index (χ3n) is 6.20. The number of carbonyl (C=O) groups is 1. The van der Waals surface area contributed by atoms with Crippen LogP contribution in [0.5, 0.6) is 0 Å². The second-order valence-corrected chi connectivity index (χ2v) is 7.62. The number of methoxy groups -OCH3 is 1. The smallest absolute Gasteiger partial charge is 0.312 e. The zero-order valence-corrected chi connectivity index (χ0v) is 16.0. The maximum Gasteiger partial charge on any atom is 0.312 e. The van der Waals surface area contributed by atoms with Crippen molar-refractivity contribution in [1.29, 1.82) is 0 Å². The van der Waals surface area contributed by atoms with Gasteiger partial charge >= 0.3 is 5.97 Å². The van der Waals surface area contributed by atoms with Crippen molar-refractivity contribution < 1.29 is 14.3 Å². The van der Waals surface area contributed by atoms with E-state index in [9.17, 15) is 4.79 Å². The van der Waals surface area contributed by atoms with Crippen LogP contribution in [0.15, 0.2) is 60.7 Å². The average molecular weight is 365 g/mol. The first-order valence-corrected chi connectivity index (χ1v) is 9.74.